The number of aromatic nitrogens is 5. The second-order valence-electron chi connectivity index (χ2n) is 6.73. The summed E-state index contributed by atoms with van der Waals surface area (Å²) in [4.78, 5) is 17.4. The van der Waals surface area contributed by atoms with Gasteiger partial charge in [-0.3, -0.25) is 9.97 Å². The molecule has 1 aliphatic rings. The number of nitrogens with two attached hydrogens (primary N) is 1. The average molecular weight is 399 g/mol. The van der Waals surface area contributed by atoms with Crippen LogP contribution >= 0.6 is 0 Å². The van der Waals surface area contributed by atoms with E-state index in [1.807, 2.05) is 0 Å². The first kappa shape index (κ1) is 17.8. The van der Waals surface area contributed by atoms with Gasteiger partial charge in [-0.2, -0.15) is 5.26 Å². The molecule has 0 spiro atoms. The third-order valence-corrected chi connectivity index (χ3v) is 4.90. The molecule has 3 aromatic heterocycles. The summed E-state index contributed by atoms with van der Waals surface area (Å²) in [5.74, 6) is 0.142. The lowest BCUT2D eigenvalue weighted by molar-refractivity contribution is 0.307. The highest BCUT2D eigenvalue weighted by molar-refractivity contribution is 5.70. The van der Waals surface area contributed by atoms with E-state index in [4.69, 9.17) is 10.5 Å². The molecular formula is C21H14FN7O. The number of nitrogens with zero attached hydrogens (tertiary/aromatic N) is 6. The van der Waals surface area contributed by atoms with Gasteiger partial charge in [0.25, 0.3) is 0 Å². The molecule has 4 aromatic rings. The van der Waals surface area contributed by atoms with Crippen molar-refractivity contribution in [2.45, 2.75) is 13.2 Å². The molecule has 9 heteroatoms. The van der Waals surface area contributed by atoms with Crippen LogP contribution in [0, 0.1) is 17.1 Å². The van der Waals surface area contributed by atoms with Crippen LogP contribution in [0.2, 0.25) is 0 Å². The standard InChI is InChI=1S/C21H14FN7O/c22-14-1-2-15-13(5-14)10-30-18-6-12(8-27-21(18)24)20-16(7-23)28-11-29(20)9-17-19(15)26-4-3-25-17/h1-6,8,11H,9-10H2,(H2,24,27). The summed E-state index contributed by atoms with van der Waals surface area (Å²) in [5, 5.41) is 9.54. The summed E-state index contributed by atoms with van der Waals surface area (Å²) >= 11 is 0. The Morgan fingerprint density at radius 1 is 1.13 bits per heavy atom. The molecule has 146 valence electrons. The van der Waals surface area contributed by atoms with E-state index in [0.717, 1.165) is 0 Å². The molecule has 0 unspecified atom stereocenters. The number of anilines is 1. The molecule has 4 heterocycles. The number of ether oxygens (including phenoxy) is 1. The highest BCUT2D eigenvalue weighted by Crippen LogP contribution is 2.33. The Bertz CT molecular complexity index is 1330. The van der Waals surface area contributed by atoms with Gasteiger partial charge in [0, 0.05) is 35.3 Å². The Morgan fingerprint density at radius 3 is 2.87 bits per heavy atom. The molecule has 0 aliphatic carbocycles. The number of fused-ring (bicyclic) bond motifs is 7. The molecule has 1 aromatic carbocycles. The Hall–Kier alpha value is -4.32. The highest BCUT2D eigenvalue weighted by atomic mass is 19.1. The molecule has 0 saturated heterocycles. The lowest BCUT2D eigenvalue weighted by Crippen LogP contribution is -2.09. The van der Waals surface area contributed by atoms with Gasteiger partial charge in [0.1, 0.15) is 18.5 Å². The van der Waals surface area contributed by atoms with E-state index in [1.165, 1.54) is 12.1 Å². The largest absolute Gasteiger partial charge is 0.485 e. The van der Waals surface area contributed by atoms with Gasteiger partial charge in [-0.1, -0.05) is 0 Å². The van der Waals surface area contributed by atoms with Gasteiger partial charge in [0.2, 0.25) is 0 Å². The smallest absolute Gasteiger partial charge is 0.166 e. The minimum absolute atomic E-state index is 0.0583. The highest BCUT2D eigenvalue weighted by Gasteiger charge is 2.20. The lowest BCUT2D eigenvalue weighted by Gasteiger charge is -2.17. The molecule has 1 aliphatic heterocycles. The Kier molecular flexibility index (Phi) is 4.10. The van der Waals surface area contributed by atoms with Gasteiger partial charge >= 0.3 is 0 Å². The number of halogens is 1. The van der Waals surface area contributed by atoms with E-state index >= 15 is 0 Å². The monoisotopic (exact) mass is 399 g/mol. The fourth-order valence-corrected chi connectivity index (χ4v) is 3.52. The molecule has 2 N–H and O–H groups in total. The molecule has 8 nitrogen and oxygen atoms in total. The number of imidazole rings is 1. The first-order valence-electron chi connectivity index (χ1n) is 9.06. The summed E-state index contributed by atoms with van der Waals surface area (Å²) < 4.78 is 21.7. The van der Waals surface area contributed by atoms with E-state index < -0.39 is 0 Å². The van der Waals surface area contributed by atoms with Crippen molar-refractivity contribution >= 4 is 5.82 Å². The van der Waals surface area contributed by atoms with Gasteiger partial charge in [-0.15, -0.1) is 0 Å². The van der Waals surface area contributed by atoms with E-state index in [2.05, 4.69) is 26.0 Å². The van der Waals surface area contributed by atoms with Gasteiger partial charge in [0.15, 0.2) is 17.3 Å². The van der Waals surface area contributed by atoms with Gasteiger partial charge < -0.3 is 15.0 Å². The van der Waals surface area contributed by atoms with Crippen LogP contribution in [0.15, 0.2) is 49.2 Å². The summed E-state index contributed by atoms with van der Waals surface area (Å²) in [6, 6.07) is 8.24. The Balaban J connectivity index is 1.79. The molecule has 0 atom stereocenters. The number of hydrogen-bond acceptors (Lipinski definition) is 7. The first-order valence-corrected chi connectivity index (χ1v) is 9.06. The minimum Gasteiger partial charge on any atom is -0.485 e. The van der Waals surface area contributed by atoms with E-state index in [1.54, 1.807) is 41.6 Å². The predicted octanol–water partition coefficient (Wildman–Crippen LogP) is 2.94. The fraction of sp³-hybridized carbons (Fsp3) is 0.0952. The first-order chi connectivity index (χ1) is 14.6. The number of nitriles is 1. The molecule has 2 bridgehead atoms. The number of nitrogen functional groups attached to an aromatic ring is 1. The van der Waals surface area contributed by atoms with Crippen LogP contribution in [-0.2, 0) is 13.2 Å². The third kappa shape index (κ3) is 2.91. The molecule has 0 saturated carbocycles. The summed E-state index contributed by atoms with van der Waals surface area (Å²) in [6.07, 6.45) is 6.31. The molecule has 30 heavy (non-hydrogen) atoms. The molecule has 5 rings (SSSR count). The van der Waals surface area contributed by atoms with Crippen molar-refractivity contribution in [2.75, 3.05) is 5.73 Å². The zero-order valence-corrected chi connectivity index (χ0v) is 15.6. The molecule has 0 amide bonds. The predicted molar refractivity (Wildman–Crippen MR) is 105 cm³/mol. The van der Waals surface area contributed by atoms with Gasteiger partial charge in [-0.25, -0.2) is 14.4 Å². The second-order valence-corrected chi connectivity index (χ2v) is 6.73. The van der Waals surface area contributed by atoms with Crippen molar-refractivity contribution in [3.8, 4) is 34.3 Å². The fourth-order valence-electron chi connectivity index (χ4n) is 3.52. The van der Waals surface area contributed by atoms with Gasteiger partial charge in [-0.05, 0) is 24.3 Å². The van der Waals surface area contributed by atoms with E-state index in [-0.39, 0.29) is 23.9 Å². The van der Waals surface area contributed by atoms with Crippen LogP contribution in [0.4, 0.5) is 10.2 Å². The van der Waals surface area contributed by atoms with Crippen molar-refractivity contribution < 1.29 is 9.13 Å². The quantitative estimate of drug-likeness (QED) is 0.483. The normalized spacial score (nSPS) is 12.3. The number of pyridine rings is 1. The van der Waals surface area contributed by atoms with Crippen LogP contribution in [0.5, 0.6) is 5.75 Å². The van der Waals surface area contributed by atoms with Crippen LogP contribution in [-0.4, -0.2) is 24.5 Å². The zero-order chi connectivity index (χ0) is 20.7. The lowest BCUT2D eigenvalue weighted by atomic mass is 10.0. The summed E-state index contributed by atoms with van der Waals surface area (Å²) in [5.41, 5.74) is 9.99. The maximum Gasteiger partial charge on any atom is 0.166 e. The Morgan fingerprint density at radius 2 is 2.00 bits per heavy atom. The maximum atomic E-state index is 14.0. The maximum absolute atomic E-state index is 14.0. The van der Waals surface area contributed by atoms with Crippen molar-refractivity contribution in [1.82, 2.24) is 24.5 Å². The van der Waals surface area contributed by atoms with Crippen LogP contribution in [0.1, 0.15) is 17.0 Å². The second kappa shape index (κ2) is 6.93. The third-order valence-electron chi connectivity index (χ3n) is 4.90. The number of rotatable bonds is 0. The van der Waals surface area contributed by atoms with Gasteiger partial charge in [0.05, 0.1) is 30.0 Å². The van der Waals surface area contributed by atoms with Crippen molar-refractivity contribution in [2.24, 2.45) is 0 Å². The molecule has 0 fully saturated rings. The van der Waals surface area contributed by atoms with Crippen molar-refractivity contribution in [1.29, 1.82) is 5.26 Å². The SMILES string of the molecule is N#Cc1ncn2c1-c1cnc(N)c(c1)OCc1cc(F)ccc1-c1nccnc1C2. The zero-order valence-electron chi connectivity index (χ0n) is 15.6. The van der Waals surface area contributed by atoms with Crippen molar-refractivity contribution in [3.63, 3.8) is 0 Å². The molecular weight excluding hydrogens is 385 g/mol. The van der Waals surface area contributed by atoms with E-state index in [0.29, 0.717) is 46.1 Å². The van der Waals surface area contributed by atoms with Crippen LogP contribution in [0.3, 0.4) is 0 Å². The molecule has 0 radical (unpaired) electrons. The van der Waals surface area contributed by atoms with Crippen molar-refractivity contribution in [3.05, 3.63) is 72.0 Å². The minimum atomic E-state index is -0.384. The van der Waals surface area contributed by atoms with Crippen LogP contribution in [0.25, 0.3) is 22.5 Å². The number of benzene rings is 1. The Labute approximate surface area is 170 Å². The average Bonchev–Trinajstić information content (AvgIpc) is 3.16. The number of hydrogen-bond donors (Lipinski definition) is 1. The topological polar surface area (TPSA) is 116 Å². The summed E-state index contributed by atoms with van der Waals surface area (Å²) in [7, 11) is 0. The van der Waals surface area contributed by atoms with Crippen LogP contribution < -0.4 is 10.5 Å². The van der Waals surface area contributed by atoms with E-state index in [9.17, 15) is 9.65 Å². The summed E-state index contributed by atoms with van der Waals surface area (Å²) in [6.45, 7) is 0.368.